The summed E-state index contributed by atoms with van der Waals surface area (Å²) in [7, 11) is -0.314. The number of aromatic nitrogens is 3. The Morgan fingerprint density at radius 1 is 1.22 bits per heavy atom. The summed E-state index contributed by atoms with van der Waals surface area (Å²) in [5.41, 5.74) is 0.954. The van der Waals surface area contributed by atoms with E-state index in [-0.39, 0.29) is 28.9 Å². The van der Waals surface area contributed by atoms with E-state index in [4.69, 9.17) is 0 Å². The standard InChI is InChI=1S/C16H25N7O2S.HI/c1-4-15-22-21-12-23(15)10-9-19-16(17-2)20-11-13-5-7-14(8-6-13)26(24,25)18-3;/h5-8,12,18H,4,9-11H2,1-3H3,(H2,17,19,20);1H. The van der Waals surface area contributed by atoms with E-state index in [1.54, 1.807) is 37.6 Å². The number of aliphatic imine (C=N–C) groups is 1. The summed E-state index contributed by atoms with van der Waals surface area (Å²) in [5, 5.41) is 14.4. The third-order valence-corrected chi connectivity index (χ3v) is 5.27. The van der Waals surface area contributed by atoms with Gasteiger partial charge in [0.2, 0.25) is 10.0 Å². The zero-order valence-electron chi connectivity index (χ0n) is 15.6. The largest absolute Gasteiger partial charge is 0.355 e. The maximum absolute atomic E-state index is 11.7. The molecule has 150 valence electrons. The molecule has 1 aromatic carbocycles. The summed E-state index contributed by atoms with van der Waals surface area (Å²) >= 11 is 0. The van der Waals surface area contributed by atoms with E-state index in [1.165, 1.54) is 7.05 Å². The Kier molecular flexibility index (Phi) is 9.66. The molecule has 1 aromatic heterocycles. The molecule has 0 radical (unpaired) electrons. The lowest BCUT2D eigenvalue weighted by Gasteiger charge is -2.13. The molecular weight excluding hydrogens is 481 g/mol. The monoisotopic (exact) mass is 507 g/mol. The van der Waals surface area contributed by atoms with Crippen LogP contribution in [-0.4, -0.2) is 49.8 Å². The van der Waals surface area contributed by atoms with Gasteiger partial charge in [0.25, 0.3) is 0 Å². The fraction of sp³-hybridized carbons (Fsp3) is 0.438. The first kappa shape index (κ1) is 23.3. The fourth-order valence-electron chi connectivity index (χ4n) is 2.34. The van der Waals surface area contributed by atoms with E-state index < -0.39 is 10.0 Å². The van der Waals surface area contributed by atoms with E-state index in [0.717, 1.165) is 24.4 Å². The van der Waals surface area contributed by atoms with Crippen molar-refractivity contribution in [1.29, 1.82) is 0 Å². The molecule has 0 saturated carbocycles. The molecule has 0 bridgehead atoms. The Balaban J connectivity index is 0.00000364. The summed E-state index contributed by atoms with van der Waals surface area (Å²) in [4.78, 5) is 4.43. The number of benzene rings is 1. The summed E-state index contributed by atoms with van der Waals surface area (Å²) in [6, 6.07) is 6.71. The Morgan fingerprint density at radius 3 is 2.52 bits per heavy atom. The van der Waals surface area contributed by atoms with Gasteiger partial charge in [0.05, 0.1) is 4.90 Å². The van der Waals surface area contributed by atoms with Crippen molar-refractivity contribution in [3.63, 3.8) is 0 Å². The van der Waals surface area contributed by atoms with Gasteiger partial charge in [-0.2, -0.15) is 0 Å². The van der Waals surface area contributed by atoms with Gasteiger partial charge in [-0.15, -0.1) is 34.2 Å². The van der Waals surface area contributed by atoms with Crippen molar-refractivity contribution in [1.82, 2.24) is 30.1 Å². The quantitative estimate of drug-likeness (QED) is 0.276. The summed E-state index contributed by atoms with van der Waals surface area (Å²) in [6.07, 6.45) is 2.56. The van der Waals surface area contributed by atoms with Crippen LogP contribution in [0, 0.1) is 0 Å². The molecule has 2 aromatic rings. The summed E-state index contributed by atoms with van der Waals surface area (Å²) < 4.78 is 27.7. The molecule has 1 heterocycles. The predicted molar refractivity (Wildman–Crippen MR) is 116 cm³/mol. The Morgan fingerprint density at radius 2 is 1.93 bits per heavy atom. The van der Waals surface area contributed by atoms with Crippen molar-refractivity contribution in [2.75, 3.05) is 20.6 Å². The molecule has 27 heavy (non-hydrogen) atoms. The molecule has 9 nitrogen and oxygen atoms in total. The van der Waals surface area contributed by atoms with E-state index in [0.29, 0.717) is 19.0 Å². The lowest BCUT2D eigenvalue weighted by Crippen LogP contribution is -2.38. The molecule has 0 atom stereocenters. The lowest BCUT2D eigenvalue weighted by atomic mass is 10.2. The molecule has 0 aliphatic carbocycles. The van der Waals surface area contributed by atoms with Crippen LogP contribution in [0.4, 0.5) is 0 Å². The Hall–Kier alpha value is -1.73. The average Bonchev–Trinajstić information content (AvgIpc) is 3.12. The molecule has 0 fully saturated rings. The number of hydrogen-bond acceptors (Lipinski definition) is 5. The highest BCUT2D eigenvalue weighted by atomic mass is 127. The molecular formula is C16H26IN7O2S. The van der Waals surface area contributed by atoms with Gasteiger partial charge < -0.3 is 15.2 Å². The zero-order chi connectivity index (χ0) is 19.0. The molecule has 0 aliphatic heterocycles. The number of nitrogens with zero attached hydrogens (tertiary/aromatic N) is 4. The number of nitrogens with one attached hydrogen (secondary N) is 3. The van der Waals surface area contributed by atoms with Crippen LogP contribution < -0.4 is 15.4 Å². The van der Waals surface area contributed by atoms with Gasteiger partial charge in [0.1, 0.15) is 12.2 Å². The third-order valence-electron chi connectivity index (χ3n) is 3.84. The first-order valence-corrected chi connectivity index (χ1v) is 9.82. The second kappa shape index (κ2) is 11.2. The van der Waals surface area contributed by atoms with Crippen LogP contribution in [0.25, 0.3) is 0 Å². The highest BCUT2D eigenvalue weighted by Gasteiger charge is 2.10. The van der Waals surface area contributed by atoms with Crippen LogP contribution in [-0.2, 0) is 29.5 Å². The molecule has 2 rings (SSSR count). The molecule has 3 N–H and O–H groups in total. The zero-order valence-corrected chi connectivity index (χ0v) is 18.8. The van der Waals surface area contributed by atoms with Crippen LogP contribution in [0.1, 0.15) is 18.3 Å². The van der Waals surface area contributed by atoms with Crippen molar-refractivity contribution in [3.8, 4) is 0 Å². The highest BCUT2D eigenvalue weighted by Crippen LogP contribution is 2.09. The predicted octanol–water partition coefficient (Wildman–Crippen LogP) is 0.732. The van der Waals surface area contributed by atoms with Crippen molar-refractivity contribution in [3.05, 3.63) is 42.0 Å². The van der Waals surface area contributed by atoms with E-state index >= 15 is 0 Å². The maximum atomic E-state index is 11.7. The minimum Gasteiger partial charge on any atom is -0.355 e. The maximum Gasteiger partial charge on any atom is 0.240 e. The topological polar surface area (TPSA) is 113 Å². The van der Waals surface area contributed by atoms with E-state index in [9.17, 15) is 8.42 Å². The molecule has 0 spiro atoms. The molecule has 0 aliphatic rings. The van der Waals surface area contributed by atoms with Gasteiger partial charge >= 0.3 is 0 Å². The Bertz CT molecular complexity index is 835. The first-order valence-electron chi connectivity index (χ1n) is 8.33. The molecule has 0 amide bonds. The Labute approximate surface area is 177 Å². The van der Waals surface area contributed by atoms with Gasteiger partial charge in [0.15, 0.2) is 5.96 Å². The molecule has 11 heteroatoms. The number of halogens is 1. The van der Waals surface area contributed by atoms with Gasteiger partial charge in [-0.25, -0.2) is 13.1 Å². The SMILES string of the molecule is CCc1nncn1CCNC(=NC)NCc1ccc(S(=O)(=O)NC)cc1.I. The van der Waals surface area contributed by atoms with E-state index in [2.05, 4.69) is 30.5 Å². The number of hydrogen-bond donors (Lipinski definition) is 3. The number of sulfonamides is 1. The van der Waals surface area contributed by atoms with Crippen LogP contribution in [0.3, 0.4) is 0 Å². The van der Waals surface area contributed by atoms with Crippen molar-refractivity contribution < 1.29 is 8.42 Å². The minimum absolute atomic E-state index is 0. The number of guanidine groups is 1. The van der Waals surface area contributed by atoms with Crippen molar-refractivity contribution in [2.45, 2.75) is 31.3 Å². The summed E-state index contributed by atoms with van der Waals surface area (Å²) in [5.74, 6) is 1.62. The highest BCUT2D eigenvalue weighted by molar-refractivity contribution is 14.0. The van der Waals surface area contributed by atoms with E-state index in [1.807, 2.05) is 11.5 Å². The normalized spacial score (nSPS) is 11.7. The second-order valence-corrected chi connectivity index (χ2v) is 7.38. The van der Waals surface area contributed by atoms with Gasteiger partial charge in [-0.3, -0.25) is 4.99 Å². The first-order chi connectivity index (χ1) is 12.5. The van der Waals surface area contributed by atoms with Crippen LogP contribution >= 0.6 is 24.0 Å². The van der Waals surface area contributed by atoms with Crippen LogP contribution in [0.5, 0.6) is 0 Å². The van der Waals surface area contributed by atoms with Gasteiger partial charge in [-0.1, -0.05) is 19.1 Å². The summed E-state index contributed by atoms with van der Waals surface area (Å²) in [6.45, 7) is 4.01. The average molecular weight is 507 g/mol. The van der Waals surface area contributed by atoms with Crippen LogP contribution in [0.15, 0.2) is 40.5 Å². The van der Waals surface area contributed by atoms with Gasteiger partial charge in [0, 0.05) is 33.1 Å². The lowest BCUT2D eigenvalue weighted by molar-refractivity contribution is 0.588. The van der Waals surface area contributed by atoms with Crippen molar-refractivity contribution >= 4 is 40.0 Å². The van der Waals surface area contributed by atoms with Gasteiger partial charge in [-0.05, 0) is 24.7 Å². The van der Waals surface area contributed by atoms with Crippen LogP contribution in [0.2, 0.25) is 0 Å². The third kappa shape index (κ3) is 6.74. The molecule has 0 unspecified atom stereocenters. The second-order valence-electron chi connectivity index (χ2n) is 5.50. The van der Waals surface area contributed by atoms with Crippen molar-refractivity contribution in [2.24, 2.45) is 4.99 Å². The number of rotatable bonds is 8. The number of aryl methyl sites for hydroxylation is 1. The molecule has 0 saturated heterocycles. The minimum atomic E-state index is -3.41. The fourth-order valence-corrected chi connectivity index (χ4v) is 3.08. The smallest absolute Gasteiger partial charge is 0.240 e.